The second kappa shape index (κ2) is 16.7. The summed E-state index contributed by atoms with van der Waals surface area (Å²) in [4.78, 5) is 13.5. The molecule has 1 atom stereocenters. The van der Waals surface area contributed by atoms with E-state index < -0.39 is 5.41 Å². The quantitative estimate of drug-likeness (QED) is 0.173. The van der Waals surface area contributed by atoms with Gasteiger partial charge in [-0.25, -0.2) is 0 Å². The van der Waals surface area contributed by atoms with Gasteiger partial charge in [0.25, 0.3) is 0 Å². The van der Waals surface area contributed by atoms with E-state index in [1.54, 1.807) is 0 Å². The maximum atomic E-state index is 10.3. The van der Waals surface area contributed by atoms with Crippen LogP contribution in [0.1, 0.15) is 33.4 Å². The van der Waals surface area contributed by atoms with Crippen LogP contribution in [0.15, 0.2) is 243 Å². The number of hydrogen-bond donors (Lipinski definition) is 0. The van der Waals surface area contributed by atoms with E-state index in [9.17, 15) is 10.5 Å². The van der Waals surface area contributed by atoms with Gasteiger partial charge in [-0.1, -0.05) is 121 Å². The van der Waals surface area contributed by atoms with Gasteiger partial charge >= 0.3 is 0 Å². The summed E-state index contributed by atoms with van der Waals surface area (Å²) in [7, 11) is 0. The molecular formula is C73H40N8O2. The van der Waals surface area contributed by atoms with Crippen molar-refractivity contribution < 1.29 is 9.47 Å². The summed E-state index contributed by atoms with van der Waals surface area (Å²) in [6, 6.07) is 84.6. The number of nitrogens with zero attached hydrogens (tertiary/aromatic N) is 8. The molecule has 10 heteroatoms. The molecule has 83 heavy (non-hydrogen) atoms. The molecule has 15 aromatic rings. The predicted molar refractivity (Wildman–Crippen MR) is 327 cm³/mol. The molecule has 0 radical (unpaired) electrons. The Morgan fingerprint density at radius 2 is 0.735 bits per heavy atom. The Morgan fingerprint density at radius 1 is 0.337 bits per heavy atom. The third-order valence-electron chi connectivity index (χ3n) is 17.4. The van der Waals surface area contributed by atoms with E-state index in [0.717, 1.165) is 145 Å². The van der Waals surface area contributed by atoms with Gasteiger partial charge in [-0.3, -0.25) is 14.9 Å². The number of rotatable bonds is 4. The highest BCUT2D eigenvalue weighted by molar-refractivity contribution is 6.12. The minimum absolute atomic E-state index is 0.582. The van der Waals surface area contributed by atoms with Crippen LogP contribution in [0.3, 0.4) is 0 Å². The molecule has 0 N–H and O–H groups in total. The van der Waals surface area contributed by atoms with Crippen LogP contribution in [0.2, 0.25) is 0 Å². The van der Waals surface area contributed by atoms with Crippen LogP contribution in [0.4, 0.5) is 17.1 Å². The fraction of sp³-hybridized carbons (Fsp3) is 0.0137. The van der Waals surface area contributed by atoms with Crippen molar-refractivity contribution in [3.63, 3.8) is 0 Å². The van der Waals surface area contributed by atoms with E-state index in [0.29, 0.717) is 22.6 Å². The summed E-state index contributed by atoms with van der Waals surface area (Å²) in [5.41, 5.74) is 16.3. The normalized spacial score (nSPS) is 14.5. The topological polar surface area (TPSA) is 110 Å². The van der Waals surface area contributed by atoms with E-state index >= 15 is 0 Å². The van der Waals surface area contributed by atoms with Gasteiger partial charge in [-0.15, -0.1) is 0 Å². The average Bonchev–Trinajstić information content (AvgIpc) is 2.35. The highest BCUT2D eigenvalue weighted by Crippen LogP contribution is 2.66. The van der Waals surface area contributed by atoms with Crippen molar-refractivity contribution in [2.75, 3.05) is 4.90 Å². The summed E-state index contributed by atoms with van der Waals surface area (Å²) >= 11 is 0. The smallest absolute Gasteiger partial charge is 0.156 e. The lowest BCUT2D eigenvalue weighted by molar-refractivity contribution is 0.434. The first-order chi connectivity index (χ1) is 41.1. The van der Waals surface area contributed by atoms with Crippen LogP contribution in [-0.2, 0) is 5.41 Å². The number of para-hydroxylation sites is 10. The van der Waals surface area contributed by atoms with Crippen LogP contribution in [0.5, 0.6) is 23.0 Å². The Hall–Kier alpha value is -11.7. The number of nitriles is 2. The second-order valence-electron chi connectivity index (χ2n) is 21.5. The zero-order valence-corrected chi connectivity index (χ0v) is 44.0. The predicted octanol–water partition coefficient (Wildman–Crippen LogP) is 17.6. The summed E-state index contributed by atoms with van der Waals surface area (Å²) in [6.07, 6.45) is 3.97. The SMILES string of the molecule is N#Cc1ccc2c(c1)c1ccccc1n2-c1cnc2c(c1)C1(c3cc(-n4c5ccccc5c5ccccc54)cnc3-2)c2cccc(N3c4ccccc4Oc4ccccc43)c2Oc2c(-n3c4ccccc4c4cc(C#N)ccc43)cccc21. The second-order valence-corrected chi connectivity index (χ2v) is 21.5. The minimum atomic E-state index is -1.16. The van der Waals surface area contributed by atoms with Crippen LogP contribution in [-0.4, -0.2) is 23.7 Å². The van der Waals surface area contributed by atoms with Gasteiger partial charge < -0.3 is 23.2 Å². The Bertz CT molecular complexity index is 5380. The monoisotopic (exact) mass is 1060 g/mol. The summed E-state index contributed by atoms with van der Waals surface area (Å²) in [5, 5.41) is 26.7. The fourth-order valence-corrected chi connectivity index (χ4v) is 14.1. The third-order valence-corrected chi connectivity index (χ3v) is 17.4. The van der Waals surface area contributed by atoms with Crippen LogP contribution < -0.4 is 14.4 Å². The fourth-order valence-electron chi connectivity index (χ4n) is 14.1. The number of anilines is 3. The van der Waals surface area contributed by atoms with Gasteiger partial charge in [0.1, 0.15) is 0 Å². The molecular weight excluding hydrogens is 1020 g/mol. The van der Waals surface area contributed by atoms with E-state index in [1.807, 2.05) is 85.2 Å². The zero-order chi connectivity index (χ0) is 54.7. The molecule has 18 rings (SSSR count). The van der Waals surface area contributed by atoms with Gasteiger partial charge in [-0.2, -0.15) is 10.5 Å². The van der Waals surface area contributed by atoms with E-state index in [2.05, 4.69) is 188 Å². The molecule has 0 bridgehead atoms. The first-order valence-electron chi connectivity index (χ1n) is 27.6. The molecule has 0 saturated carbocycles. The molecule has 5 aromatic heterocycles. The van der Waals surface area contributed by atoms with Gasteiger partial charge in [0.05, 0.1) is 120 Å². The zero-order valence-electron chi connectivity index (χ0n) is 44.0. The molecule has 10 aromatic carbocycles. The average molecular weight is 1060 g/mol. The molecule has 0 fully saturated rings. The van der Waals surface area contributed by atoms with Crippen molar-refractivity contribution in [2.45, 2.75) is 5.41 Å². The van der Waals surface area contributed by atoms with Crippen molar-refractivity contribution in [2.24, 2.45) is 0 Å². The molecule has 0 saturated heterocycles. The molecule has 2 aliphatic heterocycles. The molecule has 0 amide bonds. The van der Waals surface area contributed by atoms with Crippen molar-refractivity contribution in [3.05, 3.63) is 276 Å². The summed E-state index contributed by atoms with van der Waals surface area (Å²) in [5.74, 6) is 2.74. The molecule has 384 valence electrons. The minimum Gasteiger partial charge on any atom is -0.453 e. The molecule has 1 unspecified atom stereocenters. The summed E-state index contributed by atoms with van der Waals surface area (Å²) < 4.78 is 21.5. The number of benzene rings is 10. The van der Waals surface area contributed by atoms with Crippen LogP contribution in [0, 0.1) is 22.7 Å². The molecule has 1 aliphatic carbocycles. The van der Waals surface area contributed by atoms with Gasteiger partial charge in [0.15, 0.2) is 23.0 Å². The van der Waals surface area contributed by atoms with E-state index in [1.165, 1.54) is 0 Å². The number of aromatic nitrogens is 5. The highest BCUT2D eigenvalue weighted by Gasteiger charge is 2.54. The Kier molecular flexibility index (Phi) is 9.07. The van der Waals surface area contributed by atoms with E-state index in [4.69, 9.17) is 19.4 Å². The first-order valence-corrected chi connectivity index (χ1v) is 27.6. The van der Waals surface area contributed by atoms with Crippen molar-refractivity contribution in [1.29, 1.82) is 10.5 Å². The van der Waals surface area contributed by atoms with Crippen LogP contribution >= 0.6 is 0 Å². The van der Waals surface area contributed by atoms with Crippen molar-refractivity contribution >= 4 is 82.5 Å². The van der Waals surface area contributed by atoms with Crippen molar-refractivity contribution in [3.8, 4) is 63.6 Å². The van der Waals surface area contributed by atoms with Crippen LogP contribution in [0.25, 0.3) is 93.9 Å². The highest BCUT2D eigenvalue weighted by atomic mass is 16.5. The molecule has 1 spiro atoms. The third kappa shape index (κ3) is 5.97. The number of ether oxygens (including phenoxy) is 2. The Labute approximate surface area is 474 Å². The lowest BCUT2D eigenvalue weighted by Crippen LogP contribution is -2.33. The molecule has 7 heterocycles. The Morgan fingerprint density at radius 3 is 1.24 bits per heavy atom. The number of fused-ring (bicyclic) bond motifs is 20. The lowest BCUT2D eigenvalue weighted by atomic mass is 9.66. The largest absolute Gasteiger partial charge is 0.453 e. The van der Waals surface area contributed by atoms with Gasteiger partial charge in [-0.05, 0) is 109 Å². The first kappa shape index (κ1) is 45.2. The number of hydrogen-bond acceptors (Lipinski definition) is 7. The van der Waals surface area contributed by atoms with Gasteiger partial charge in [0.2, 0.25) is 0 Å². The maximum absolute atomic E-state index is 10.3. The Balaban J connectivity index is 1.01. The van der Waals surface area contributed by atoms with E-state index in [-0.39, 0.29) is 0 Å². The maximum Gasteiger partial charge on any atom is 0.156 e. The number of pyridine rings is 2. The molecule has 3 aliphatic rings. The lowest BCUT2D eigenvalue weighted by Gasteiger charge is -2.42. The van der Waals surface area contributed by atoms with Gasteiger partial charge in [0, 0.05) is 54.6 Å². The molecule has 10 nitrogen and oxygen atoms in total. The standard InChI is InChI=1S/C73H40N8O2/c74-39-43-31-33-61-51(35-43)49-17-3-7-23-59(49)79(61)46-38-56-70(77-42-46)69-55(37-45(41-76-69)78-57-21-5-1-15-47(57)48-16-2-6-22-58(48)78)73(56)53-19-13-27-65(80-60-24-8-4-18-50(60)52-36-44(40-75)32-34-62(52)80)71(53)83-72-54(73)20-14-28-66(72)81-63-25-9-11-29-67(63)82-68-30-12-10-26-64(68)81/h1-38,41-42H. The summed E-state index contributed by atoms with van der Waals surface area (Å²) in [6.45, 7) is 0. The van der Waals surface area contributed by atoms with Crippen molar-refractivity contribution in [1.82, 2.24) is 23.7 Å².